The first-order chi connectivity index (χ1) is 15.9. The Bertz CT molecular complexity index is 1190. The third-order valence-electron chi connectivity index (χ3n) is 5.03. The molecule has 170 valence electrons. The van der Waals surface area contributed by atoms with Gasteiger partial charge >= 0.3 is 17.6 Å². The van der Waals surface area contributed by atoms with Gasteiger partial charge in [0.15, 0.2) is 12.3 Å². The molecule has 3 aromatic rings. The molecule has 4 atom stereocenters. The highest BCUT2D eigenvalue weighted by molar-refractivity contribution is 8.00. The highest BCUT2D eigenvalue weighted by Crippen LogP contribution is 2.45. The molecule has 0 amide bonds. The van der Waals surface area contributed by atoms with Crippen LogP contribution in [0.1, 0.15) is 26.1 Å². The average Bonchev–Trinajstić information content (AvgIpc) is 3.13. The number of carbonyl (C=O) groups excluding carboxylic acids is 2. The van der Waals surface area contributed by atoms with Crippen molar-refractivity contribution in [3.8, 4) is 0 Å². The van der Waals surface area contributed by atoms with Gasteiger partial charge in [-0.05, 0) is 30.3 Å². The second-order valence-electron chi connectivity index (χ2n) is 7.25. The zero-order valence-corrected chi connectivity index (χ0v) is 18.1. The van der Waals surface area contributed by atoms with E-state index < -0.39 is 40.5 Å². The van der Waals surface area contributed by atoms with Crippen LogP contribution in [0.25, 0.3) is 0 Å². The van der Waals surface area contributed by atoms with E-state index in [0.29, 0.717) is 5.56 Å². The van der Waals surface area contributed by atoms with Gasteiger partial charge in [-0.25, -0.2) is 18.8 Å². The van der Waals surface area contributed by atoms with Crippen molar-refractivity contribution in [3.63, 3.8) is 0 Å². The molecule has 1 fully saturated rings. The number of anilines is 1. The van der Waals surface area contributed by atoms with Crippen LogP contribution in [0.2, 0.25) is 0 Å². The summed E-state index contributed by atoms with van der Waals surface area (Å²) in [4.78, 5) is 40.9. The molecule has 0 radical (unpaired) electrons. The predicted octanol–water partition coefficient (Wildman–Crippen LogP) is 2.86. The molecular formula is C23H20FN3O5S. The minimum absolute atomic E-state index is 0.00931. The van der Waals surface area contributed by atoms with Crippen molar-refractivity contribution in [2.24, 2.45) is 0 Å². The Morgan fingerprint density at radius 1 is 1.00 bits per heavy atom. The second-order valence-corrected chi connectivity index (χ2v) is 8.61. The quantitative estimate of drug-likeness (QED) is 0.549. The summed E-state index contributed by atoms with van der Waals surface area (Å²) < 4.78 is 27.5. The first-order valence-corrected chi connectivity index (χ1v) is 11.0. The number of hydrogen-bond acceptors (Lipinski definition) is 8. The van der Waals surface area contributed by atoms with Crippen LogP contribution >= 0.6 is 11.8 Å². The SMILES string of the molecule is Nc1ccn([C@@H]2S[C@H](COC(=O)c3ccccc3)[C@@H](OC(=O)c3ccccc3)[C@@H]2F)c(=O)n1. The minimum atomic E-state index is -1.76. The van der Waals surface area contributed by atoms with E-state index in [1.807, 2.05) is 0 Å². The summed E-state index contributed by atoms with van der Waals surface area (Å²) in [5.74, 6) is -1.30. The fraction of sp³-hybridized carbons (Fsp3) is 0.217. The first kappa shape index (κ1) is 22.5. The number of benzene rings is 2. The van der Waals surface area contributed by atoms with Gasteiger partial charge in [0.2, 0.25) is 0 Å². The number of alkyl halides is 1. The Morgan fingerprint density at radius 3 is 2.21 bits per heavy atom. The fourth-order valence-corrected chi connectivity index (χ4v) is 4.86. The number of nitrogen functional groups attached to an aromatic ring is 1. The molecule has 0 saturated carbocycles. The van der Waals surface area contributed by atoms with Gasteiger partial charge in [0.25, 0.3) is 0 Å². The second kappa shape index (κ2) is 9.86. The largest absolute Gasteiger partial charge is 0.461 e. The van der Waals surface area contributed by atoms with Gasteiger partial charge < -0.3 is 15.2 Å². The molecule has 0 bridgehead atoms. The molecule has 2 N–H and O–H groups in total. The van der Waals surface area contributed by atoms with Crippen LogP contribution in [-0.4, -0.2) is 45.6 Å². The van der Waals surface area contributed by atoms with Crippen molar-refractivity contribution in [2.45, 2.75) is 22.9 Å². The summed E-state index contributed by atoms with van der Waals surface area (Å²) in [5, 5.41) is -1.80. The lowest BCUT2D eigenvalue weighted by Gasteiger charge is -2.21. The van der Waals surface area contributed by atoms with Crippen molar-refractivity contribution >= 4 is 29.5 Å². The van der Waals surface area contributed by atoms with Crippen LogP contribution < -0.4 is 11.4 Å². The molecule has 2 heterocycles. The van der Waals surface area contributed by atoms with Crippen LogP contribution in [-0.2, 0) is 9.47 Å². The van der Waals surface area contributed by atoms with E-state index in [9.17, 15) is 14.4 Å². The molecule has 1 aliphatic heterocycles. The molecule has 0 unspecified atom stereocenters. The predicted molar refractivity (Wildman–Crippen MR) is 121 cm³/mol. The number of hydrogen-bond donors (Lipinski definition) is 1. The molecule has 8 nitrogen and oxygen atoms in total. The number of halogens is 1. The van der Waals surface area contributed by atoms with Gasteiger partial charge in [-0.15, -0.1) is 11.8 Å². The maximum atomic E-state index is 15.5. The highest BCUT2D eigenvalue weighted by atomic mass is 32.2. The van der Waals surface area contributed by atoms with Gasteiger partial charge in [-0.3, -0.25) is 4.57 Å². The Hall–Kier alpha value is -3.66. The first-order valence-electron chi connectivity index (χ1n) is 10.1. The van der Waals surface area contributed by atoms with Gasteiger partial charge in [0, 0.05) is 6.20 Å². The summed E-state index contributed by atoms with van der Waals surface area (Å²) in [6.07, 6.45) is -1.68. The van der Waals surface area contributed by atoms with Crippen LogP contribution in [0.3, 0.4) is 0 Å². The lowest BCUT2D eigenvalue weighted by molar-refractivity contribution is -0.00133. The number of carbonyl (C=O) groups is 2. The van der Waals surface area contributed by atoms with Gasteiger partial charge in [-0.2, -0.15) is 4.98 Å². The summed E-state index contributed by atoms with van der Waals surface area (Å²) >= 11 is 1.03. The number of nitrogens with two attached hydrogens (primary N) is 1. The number of esters is 2. The van der Waals surface area contributed by atoms with E-state index in [1.165, 1.54) is 12.3 Å². The van der Waals surface area contributed by atoms with Crippen LogP contribution in [0.4, 0.5) is 10.2 Å². The zero-order chi connectivity index (χ0) is 23.4. The number of nitrogens with zero attached hydrogens (tertiary/aromatic N) is 2. The summed E-state index contributed by atoms with van der Waals surface area (Å²) in [5.41, 5.74) is 5.39. The Kier molecular flexibility index (Phi) is 6.74. The van der Waals surface area contributed by atoms with E-state index in [-0.39, 0.29) is 18.0 Å². The van der Waals surface area contributed by atoms with Crippen molar-refractivity contribution in [1.82, 2.24) is 9.55 Å². The lowest BCUT2D eigenvalue weighted by Crippen LogP contribution is -2.37. The molecule has 2 aromatic carbocycles. The van der Waals surface area contributed by atoms with Crippen molar-refractivity contribution in [1.29, 1.82) is 0 Å². The van der Waals surface area contributed by atoms with Crippen LogP contribution in [0.15, 0.2) is 77.7 Å². The van der Waals surface area contributed by atoms with Crippen molar-refractivity contribution < 1.29 is 23.5 Å². The molecule has 33 heavy (non-hydrogen) atoms. The maximum Gasteiger partial charge on any atom is 0.350 e. The molecule has 4 rings (SSSR count). The van der Waals surface area contributed by atoms with E-state index in [4.69, 9.17) is 15.2 Å². The lowest BCUT2D eigenvalue weighted by atomic mass is 10.1. The maximum absolute atomic E-state index is 15.5. The zero-order valence-electron chi connectivity index (χ0n) is 17.2. The molecule has 0 aliphatic carbocycles. The minimum Gasteiger partial charge on any atom is -0.461 e. The molecule has 1 aromatic heterocycles. The van der Waals surface area contributed by atoms with E-state index in [0.717, 1.165) is 16.3 Å². The Labute approximate surface area is 192 Å². The summed E-state index contributed by atoms with van der Waals surface area (Å²) in [6, 6.07) is 17.9. The average molecular weight is 469 g/mol. The molecular weight excluding hydrogens is 449 g/mol. The number of rotatable bonds is 6. The summed E-state index contributed by atoms with van der Waals surface area (Å²) in [6.45, 7) is -0.223. The van der Waals surface area contributed by atoms with E-state index in [2.05, 4.69) is 4.98 Å². The van der Waals surface area contributed by atoms with Crippen molar-refractivity contribution in [2.75, 3.05) is 12.3 Å². The molecule has 0 spiro atoms. The highest BCUT2D eigenvalue weighted by Gasteiger charge is 2.49. The number of aromatic nitrogens is 2. The standard InChI is InChI=1S/C23H20FN3O5S/c24-18-19(32-22(29)15-9-5-2-6-10-15)16(13-31-21(28)14-7-3-1-4-8-14)33-20(18)27-12-11-17(25)26-23(27)30/h1-12,16,18-20H,13H2,(H2,25,26,30)/t16-,18+,19-,20-/m1/s1. The third-order valence-corrected chi connectivity index (χ3v) is 6.55. The fourth-order valence-electron chi connectivity index (χ4n) is 3.39. The third kappa shape index (κ3) is 5.06. The number of ether oxygens (including phenoxy) is 2. The summed E-state index contributed by atoms with van der Waals surface area (Å²) in [7, 11) is 0. The van der Waals surface area contributed by atoms with E-state index >= 15 is 4.39 Å². The van der Waals surface area contributed by atoms with Gasteiger partial charge in [0.1, 0.15) is 17.8 Å². The molecule has 1 aliphatic rings. The van der Waals surface area contributed by atoms with Crippen LogP contribution in [0, 0.1) is 0 Å². The number of thioether (sulfide) groups is 1. The van der Waals surface area contributed by atoms with Crippen LogP contribution in [0.5, 0.6) is 0 Å². The monoisotopic (exact) mass is 469 g/mol. The molecule has 10 heteroatoms. The van der Waals surface area contributed by atoms with E-state index in [1.54, 1.807) is 60.7 Å². The molecule has 1 saturated heterocycles. The Morgan fingerprint density at radius 2 is 1.61 bits per heavy atom. The normalized spacial score (nSPS) is 22.0. The van der Waals surface area contributed by atoms with Gasteiger partial charge in [-0.1, -0.05) is 36.4 Å². The van der Waals surface area contributed by atoms with Gasteiger partial charge in [0.05, 0.1) is 16.4 Å². The smallest absolute Gasteiger partial charge is 0.350 e. The Balaban J connectivity index is 1.56. The van der Waals surface area contributed by atoms with Crippen molar-refractivity contribution in [3.05, 3.63) is 94.5 Å². The topological polar surface area (TPSA) is 114 Å².